The standard InChI is InChI=1S/C23H20N4O6S/c1-30-20-12-22(32-3)21(31-2)11-15(20)13-24-26-18(19-9-6-10-33-19)14-34-23(26)25-16-7-4-5-8-17(16)27(28)29/h4-14H,1-3H3. The van der Waals surface area contributed by atoms with Crippen molar-refractivity contribution in [1.29, 1.82) is 0 Å². The van der Waals surface area contributed by atoms with E-state index in [4.69, 9.17) is 18.6 Å². The number of hydrogen-bond acceptors (Lipinski definition) is 9. The van der Waals surface area contributed by atoms with E-state index in [1.807, 2.05) is 5.38 Å². The summed E-state index contributed by atoms with van der Waals surface area (Å²) in [5.41, 5.74) is 1.37. The van der Waals surface area contributed by atoms with Crippen molar-refractivity contribution in [2.45, 2.75) is 0 Å². The number of rotatable bonds is 8. The van der Waals surface area contributed by atoms with Gasteiger partial charge < -0.3 is 18.6 Å². The maximum absolute atomic E-state index is 11.4. The van der Waals surface area contributed by atoms with E-state index in [-0.39, 0.29) is 11.4 Å². The molecule has 2 heterocycles. The maximum atomic E-state index is 11.4. The third-order valence-corrected chi connectivity index (χ3v) is 5.62. The molecule has 0 aliphatic carbocycles. The Morgan fingerprint density at radius 1 is 1.03 bits per heavy atom. The van der Waals surface area contributed by atoms with Gasteiger partial charge in [0, 0.05) is 23.1 Å². The highest BCUT2D eigenvalue weighted by Crippen LogP contribution is 2.34. The van der Waals surface area contributed by atoms with Crippen LogP contribution >= 0.6 is 11.3 Å². The number of aromatic nitrogens is 1. The molecule has 0 N–H and O–H groups in total. The summed E-state index contributed by atoms with van der Waals surface area (Å²) in [6.07, 6.45) is 3.13. The summed E-state index contributed by atoms with van der Waals surface area (Å²) in [6, 6.07) is 13.3. The Bertz CT molecular complexity index is 1410. The molecule has 174 valence electrons. The van der Waals surface area contributed by atoms with Crippen LogP contribution in [-0.2, 0) is 0 Å². The van der Waals surface area contributed by atoms with E-state index in [1.165, 1.54) is 24.5 Å². The first-order valence-electron chi connectivity index (χ1n) is 9.92. The molecule has 0 amide bonds. The number of benzene rings is 2. The maximum Gasteiger partial charge on any atom is 0.294 e. The zero-order chi connectivity index (χ0) is 24.1. The lowest BCUT2D eigenvalue weighted by Crippen LogP contribution is -2.11. The summed E-state index contributed by atoms with van der Waals surface area (Å²) in [4.78, 5) is 15.9. The fraction of sp³-hybridized carbons (Fsp3) is 0.130. The molecule has 0 saturated carbocycles. The van der Waals surface area contributed by atoms with Gasteiger partial charge in [-0.1, -0.05) is 12.1 Å². The van der Waals surface area contributed by atoms with Gasteiger partial charge in [-0.3, -0.25) is 10.1 Å². The third-order valence-electron chi connectivity index (χ3n) is 4.80. The van der Waals surface area contributed by atoms with Crippen molar-refractivity contribution in [2.75, 3.05) is 21.3 Å². The molecule has 4 rings (SSSR count). The van der Waals surface area contributed by atoms with Crippen LogP contribution in [0.4, 0.5) is 11.4 Å². The molecule has 0 bridgehead atoms. The fourth-order valence-corrected chi connectivity index (χ4v) is 4.00. The summed E-state index contributed by atoms with van der Waals surface area (Å²) in [7, 11) is 4.62. The predicted octanol–water partition coefficient (Wildman–Crippen LogP) is 4.86. The molecule has 0 atom stereocenters. The molecule has 11 heteroatoms. The van der Waals surface area contributed by atoms with Crippen molar-refractivity contribution in [3.8, 4) is 28.7 Å². The number of ether oxygens (including phenoxy) is 3. The Morgan fingerprint density at radius 2 is 1.76 bits per heavy atom. The minimum absolute atomic E-state index is 0.104. The highest BCUT2D eigenvalue weighted by Gasteiger charge is 2.15. The van der Waals surface area contributed by atoms with Crippen LogP contribution in [0.3, 0.4) is 0 Å². The second-order valence-electron chi connectivity index (χ2n) is 6.74. The monoisotopic (exact) mass is 480 g/mol. The van der Waals surface area contributed by atoms with Gasteiger partial charge in [0.05, 0.1) is 38.7 Å². The predicted molar refractivity (Wildman–Crippen MR) is 127 cm³/mol. The van der Waals surface area contributed by atoms with Gasteiger partial charge in [0.25, 0.3) is 5.69 Å². The number of nitrogens with zero attached hydrogens (tertiary/aromatic N) is 4. The zero-order valence-corrected chi connectivity index (χ0v) is 19.3. The van der Waals surface area contributed by atoms with Gasteiger partial charge in [-0.05, 0) is 24.3 Å². The fourth-order valence-electron chi connectivity index (χ4n) is 3.17. The van der Waals surface area contributed by atoms with Crippen LogP contribution in [0.25, 0.3) is 11.5 Å². The van der Waals surface area contributed by atoms with Gasteiger partial charge in [-0.15, -0.1) is 11.3 Å². The molecular weight excluding hydrogens is 460 g/mol. The van der Waals surface area contributed by atoms with Gasteiger partial charge in [-0.25, -0.2) is 9.67 Å². The lowest BCUT2D eigenvalue weighted by atomic mass is 10.2. The number of para-hydroxylation sites is 2. The van der Waals surface area contributed by atoms with E-state index >= 15 is 0 Å². The Hall–Kier alpha value is -4.38. The van der Waals surface area contributed by atoms with Crippen LogP contribution in [-0.4, -0.2) is 37.1 Å². The van der Waals surface area contributed by atoms with Crippen molar-refractivity contribution in [2.24, 2.45) is 10.1 Å². The Kier molecular flexibility index (Phi) is 6.74. The molecule has 0 unspecified atom stereocenters. The number of hydrogen-bond donors (Lipinski definition) is 0. The van der Waals surface area contributed by atoms with E-state index in [2.05, 4.69) is 10.1 Å². The van der Waals surface area contributed by atoms with Crippen LogP contribution < -0.4 is 19.0 Å². The molecule has 0 aliphatic heterocycles. The molecule has 2 aromatic heterocycles. The largest absolute Gasteiger partial charge is 0.496 e. The first-order valence-corrected chi connectivity index (χ1v) is 10.8. The zero-order valence-electron chi connectivity index (χ0n) is 18.5. The van der Waals surface area contributed by atoms with Gasteiger partial charge in [0.2, 0.25) is 4.80 Å². The quantitative estimate of drug-likeness (QED) is 0.202. The van der Waals surface area contributed by atoms with Crippen LogP contribution in [0.2, 0.25) is 0 Å². The molecule has 34 heavy (non-hydrogen) atoms. The lowest BCUT2D eigenvalue weighted by Gasteiger charge is -2.11. The second-order valence-corrected chi connectivity index (χ2v) is 7.58. The Labute approximate surface area is 198 Å². The molecule has 10 nitrogen and oxygen atoms in total. The molecule has 0 fully saturated rings. The minimum atomic E-state index is -0.470. The molecule has 0 radical (unpaired) electrons. The molecule has 0 spiro atoms. The molecule has 0 saturated heterocycles. The van der Waals surface area contributed by atoms with Crippen molar-refractivity contribution >= 4 is 28.9 Å². The number of furan rings is 1. The average Bonchev–Trinajstić information content (AvgIpc) is 3.52. The Morgan fingerprint density at radius 3 is 2.44 bits per heavy atom. The van der Waals surface area contributed by atoms with E-state index in [0.29, 0.717) is 39.1 Å². The van der Waals surface area contributed by atoms with Gasteiger partial charge in [0.1, 0.15) is 17.1 Å². The normalized spacial score (nSPS) is 11.7. The Balaban J connectivity index is 1.88. The third kappa shape index (κ3) is 4.55. The van der Waals surface area contributed by atoms with E-state index in [1.54, 1.807) is 73.8 Å². The number of thiazole rings is 1. The second kappa shape index (κ2) is 10.0. The summed E-state index contributed by atoms with van der Waals surface area (Å²) < 4.78 is 23.3. The van der Waals surface area contributed by atoms with Crippen molar-refractivity contribution < 1.29 is 23.6 Å². The number of nitro groups is 1. The van der Waals surface area contributed by atoms with Crippen LogP contribution in [0.5, 0.6) is 17.2 Å². The van der Waals surface area contributed by atoms with Crippen LogP contribution in [0.1, 0.15) is 5.56 Å². The molecular formula is C23H20N4O6S. The van der Waals surface area contributed by atoms with E-state index in [9.17, 15) is 10.1 Å². The molecule has 2 aromatic carbocycles. The highest BCUT2D eigenvalue weighted by molar-refractivity contribution is 7.07. The summed E-state index contributed by atoms with van der Waals surface area (Å²) in [5, 5.41) is 17.9. The topological polar surface area (TPSA) is 114 Å². The van der Waals surface area contributed by atoms with Crippen molar-refractivity contribution in [3.63, 3.8) is 0 Å². The molecule has 0 aliphatic rings. The van der Waals surface area contributed by atoms with E-state index < -0.39 is 4.92 Å². The van der Waals surface area contributed by atoms with Crippen LogP contribution in [0, 0.1) is 10.1 Å². The van der Waals surface area contributed by atoms with Crippen LogP contribution in [0.15, 0.2) is 74.7 Å². The molecule has 4 aromatic rings. The van der Waals surface area contributed by atoms with Gasteiger partial charge in [0.15, 0.2) is 17.3 Å². The summed E-state index contributed by atoms with van der Waals surface area (Å²) >= 11 is 1.27. The SMILES string of the molecule is COc1cc(OC)c(OC)cc1C=Nn1c(-c2ccco2)csc1=Nc1ccccc1[N+](=O)[O-]. The average molecular weight is 481 g/mol. The van der Waals surface area contributed by atoms with Crippen molar-refractivity contribution in [3.05, 3.63) is 80.7 Å². The number of nitro benzene ring substituents is 1. The lowest BCUT2D eigenvalue weighted by molar-refractivity contribution is -0.384. The smallest absolute Gasteiger partial charge is 0.294 e. The van der Waals surface area contributed by atoms with Gasteiger partial charge in [-0.2, -0.15) is 5.10 Å². The summed E-state index contributed by atoms with van der Waals surface area (Å²) in [5.74, 6) is 2.12. The van der Waals surface area contributed by atoms with Crippen molar-refractivity contribution in [1.82, 2.24) is 4.68 Å². The summed E-state index contributed by atoms with van der Waals surface area (Å²) in [6.45, 7) is 0. The van der Waals surface area contributed by atoms with E-state index in [0.717, 1.165) is 0 Å². The van der Waals surface area contributed by atoms with Gasteiger partial charge >= 0.3 is 0 Å². The minimum Gasteiger partial charge on any atom is -0.496 e. The number of methoxy groups -OCH3 is 3. The highest BCUT2D eigenvalue weighted by atomic mass is 32.1. The first kappa shape index (κ1) is 22.8. The first-order chi connectivity index (χ1) is 16.5.